The Bertz CT molecular complexity index is 358. The molecule has 0 aliphatic carbocycles. The van der Waals surface area contributed by atoms with Gasteiger partial charge in [-0.3, -0.25) is 0 Å². The van der Waals surface area contributed by atoms with Gasteiger partial charge in [0, 0.05) is 25.8 Å². The van der Waals surface area contributed by atoms with Crippen molar-refractivity contribution < 1.29 is 4.74 Å². The zero-order valence-electron chi connectivity index (χ0n) is 13.0. The summed E-state index contributed by atoms with van der Waals surface area (Å²) in [4.78, 5) is 2.34. The second-order valence-corrected chi connectivity index (χ2v) is 5.29. The van der Waals surface area contributed by atoms with E-state index >= 15 is 0 Å². The lowest BCUT2D eigenvalue weighted by atomic mass is 9.81. The molecule has 0 unspecified atom stereocenters. The van der Waals surface area contributed by atoms with Crippen LogP contribution in [0.25, 0.3) is 0 Å². The highest BCUT2D eigenvalue weighted by Gasteiger charge is 2.27. The first kappa shape index (κ1) is 15.8. The minimum absolute atomic E-state index is 0.337. The van der Waals surface area contributed by atoms with Crippen molar-refractivity contribution in [3.8, 4) is 5.75 Å². The van der Waals surface area contributed by atoms with E-state index in [0.717, 1.165) is 18.8 Å². The van der Waals surface area contributed by atoms with Gasteiger partial charge in [0.2, 0.25) is 0 Å². The van der Waals surface area contributed by atoms with Crippen molar-refractivity contribution in [2.24, 2.45) is 5.41 Å². The summed E-state index contributed by atoms with van der Waals surface area (Å²) in [7, 11) is 5.90. The third kappa shape index (κ3) is 4.13. The van der Waals surface area contributed by atoms with Crippen LogP contribution in [-0.4, -0.2) is 34.3 Å². The van der Waals surface area contributed by atoms with E-state index in [0.29, 0.717) is 5.41 Å². The van der Waals surface area contributed by atoms with Crippen LogP contribution in [0.15, 0.2) is 24.3 Å². The summed E-state index contributed by atoms with van der Waals surface area (Å²) in [6.07, 6.45) is 2.37. The number of hydrogen-bond donors (Lipinski definition) is 1. The first-order chi connectivity index (χ1) is 9.10. The van der Waals surface area contributed by atoms with Gasteiger partial charge in [-0.1, -0.05) is 13.8 Å². The van der Waals surface area contributed by atoms with Crippen LogP contribution in [0.5, 0.6) is 5.75 Å². The highest BCUT2D eigenvalue weighted by molar-refractivity contribution is 5.48. The predicted octanol–water partition coefficient (Wildman–Crippen LogP) is 3.16. The fourth-order valence-corrected chi connectivity index (χ4v) is 2.59. The summed E-state index contributed by atoms with van der Waals surface area (Å²) >= 11 is 0. The van der Waals surface area contributed by atoms with Crippen LogP contribution in [0.2, 0.25) is 0 Å². The number of nitrogens with one attached hydrogen (secondary N) is 1. The lowest BCUT2D eigenvalue weighted by Crippen LogP contribution is -2.41. The van der Waals surface area contributed by atoms with Gasteiger partial charge in [0.15, 0.2) is 0 Å². The molecule has 3 nitrogen and oxygen atoms in total. The van der Waals surface area contributed by atoms with Crippen LogP contribution in [0.3, 0.4) is 0 Å². The molecule has 0 spiro atoms. The zero-order valence-corrected chi connectivity index (χ0v) is 13.0. The molecule has 19 heavy (non-hydrogen) atoms. The molecule has 0 aliphatic rings. The topological polar surface area (TPSA) is 24.5 Å². The van der Waals surface area contributed by atoms with Crippen LogP contribution in [-0.2, 0) is 0 Å². The molecule has 0 heterocycles. The molecule has 1 aromatic rings. The molecule has 0 saturated heterocycles. The third-order valence-electron chi connectivity index (χ3n) is 4.14. The highest BCUT2D eigenvalue weighted by atomic mass is 16.5. The number of ether oxygens (including phenoxy) is 1. The van der Waals surface area contributed by atoms with E-state index in [1.807, 2.05) is 19.2 Å². The molecular formula is C16H28N2O. The second kappa shape index (κ2) is 7.39. The van der Waals surface area contributed by atoms with Crippen LogP contribution in [0, 0.1) is 5.41 Å². The zero-order chi connectivity index (χ0) is 14.3. The molecule has 0 saturated carbocycles. The van der Waals surface area contributed by atoms with E-state index in [1.54, 1.807) is 7.11 Å². The van der Waals surface area contributed by atoms with Gasteiger partial charge in [-0.05, 0) is 49.6 Å². The number of hydrogen-bond acceptors (Lipinski definition) is 3. The Morgan fingerprint density at radius 3 is 2.16 bits per heavy atom. The molecule has 1 rings (SSSR count). The molecule has 0 amide bonds. The van der Waals surface area contributed by atoms with Gasteiger partial charge in [-0.25, -0.2) is 0 Å². The van der Waals surface area contributed by atoms with Gasteiger partial charge in [-0.2, -0.15) is 0 Å². The second-order valence-electron chi connectivity index (χ2n) is 5.29. The first-order valence-electron chi connectivity index (χ1n) is 7.10. The fourth-order valence-electron chi connectivity index (χ4n) is 2.59. The number of benzene rings is 1. The molecule has 1 aromatic carbocycles. The van der Waals surface area contributed by atoms with Crippen LogP contribution < -0.4 is 15.0 Å². The van der Waals surface area contributed by atoms with E-state index in [1.165, 1.54) is 18.5 Å². The quantitative estimate of drug-likeness (QED) is 0.780. The van der Waals surface area contributed by atoms with Crippen molar-refractivity contribution in [1.82, 2.24) is 5.32 Å². The fraction of sp³-hybridized carbons (Fsp3) is 0.625. The third-order valence-corrected chi connectivity index (χ3v) is 4.14. The Hall–Kier alpha value is -1.22. The smallest absolute Gasteiger partial charge is 0.119 e. The maximum absolute atomic E-state index is 5.20. The maximum atomic E-state index is 5.20. The average Bonchev–Trinajstić information content (AvgIpc) is 2.46. The van der Waals surface area contributed by atoms with Crippen LogP contribution in [0.4, 0.5) is 5.69 Å². The number of methoxy groups -OCH3 is 1. The summed E-state index contributed by atoms with van der Waals surface area (Å²) in [6, 6.07) is 8.27. The Morgan fingerprint density at radius 1 is 1.16 bits per heavy atom. The number of rotatable bonds is 8. The lowest BCUT2D eigenvalue weighted by Gasteiger charge is -2.36. The summed E-state index contributed by atoms with van der Waals surface area (Å²) in [5.74, 6) is 0.907. The standard InChI is InChI=1S/C16H28N2O/c1-6-16(7-2,12-17-3)13-18(4)14-8-10-15(19-5)11-9-14/h8-11,17H,6-7,12-13H2,1-5H3. The van der Waals surface area contributed by atoms with Crippen molar-refractivity contribution in [2.75, 3.05) is 39.2 Å². The molecule has 0 fully saturated rings. The number of nitrogens with zero attached hydrogens (tertiary/aromatic N) is 1. The van der Waals surface area contributed by atoms with Gasteiger partial charge in [-0.15, -0.1) is 0 Å². The molecule has 0 atom stereocenters. The van der Waals surface area contributed by atoms with Gasteiger partial charge in [0.05, 0.1) is 7.11 Å². The molecule has 0 aromatic heterocycles. The van der Waals surface area contributed by atoms with Gasteiger partial charge >= 0.3 is 0 Å². The Labute approximate surface area is 118 Å². The summed E-state index contributed by atoms with van der Waals surface area (Å²) in [6.45, 7) is 6.68. The summed E-state index contributed by atoms with van der Waals surface area (Å²) in [5.41, 5.74) is 1.58. The first-order valence-corrected chi connectivity index (χ1v) is 7.10. The number of anilines is 1. The Kier molecular flexibility index (Phi) is 6.16. The minimum atomic E-state index is 0.337. The van der Waals surface area contributed by atoms with Crippen molar-refractivity contribution in [2.45, 2.75) is 26.7 Å². The monoisotopic (exact) mass is 264 g/mol. The van der Waals surface area contributed by atoms with Crippen molar-refractivity contribution in [3.05, 3.63) is 24.3 Å². The van der Waals surface area contributed by atoms with E-state index in [9.17, 15) is 0 Å². The molecule has 0 radical (unpaired) electrons. The molecule has 1 N–H and O–H groups in total. The largest absolute Gasteiger partial charge is 0.497 e. The molecular weight excluding hydrogens is 236 g/mol. The van der Waals surface area contributed by atoms with E-state index in [-0.39, 0.29) is 0 Å². The Morgan fingerprint density at radius 2 is 1.74 bits per heavy atom. The SMILES string of the molecule is CCC(CC)(CNC)CN(C)c1ccc(OC)cc1. The van der Waals surface area contributed by atoms with E-state index in [2.05, 4.69) is 43.2 Å². The van der Waals surface area contributed by atoms with Crippen LogP contribution in [0.1, 0.15) is 26.7 Å². The maximum Gasteiger partial charge on any atom is 0.119 e. The average molecular weight is 264 g/mol. The molecule has 0 aliphatic heterocycles. The minimum Gasteiger partial charge on any atom is -0.497 e. The normalized spacial score (nSPS) is 11.4. The van der Waals surface area contributed by atoms with Gasteiger partial charge < -0.3 is 15.0 Å². The van der Waals surface area contributed by atoms with Crippen molar-refractivity contribution in [3.63, 3.8) is 0 Å². The summed E-state index contributed by atoms with van der Waals surface area (Å²) < 4.78 is 5.20. The van der Waals surface area contributed by atoms with Crippen LogP contribution >= 0.6 is 0 Å². The van der Waals surface area contributed by atoms with Gasteiger partial charge in [0.1, 0.15) is 5.75 Å². The molecule has 108 valence electrons. The predicted molar refractivity (Wildman–Crippen MR) is 83.2 cm³/mol. The highest BCUT2D eigenvalue weighted by Crippen LogP contribution is 2.29. The van der Waals surface area contributed by atoms with Crippen molar-refractivity contribution >= 4 is 5.69 Å². The molecule has 0 bridgehead atoms. The van der Waals surface area contributed by atoms with Gasteiger partial charge in [0.25, 0.3) is 0 Å². The van der Waals surface area contributed by atoms with E-state index < -0.39 is 0 Å². The molecule has 3 heteroatoms. The Balaban J connectivity index is 2.77. The van der Waals surface area contributed by atoms with Crippen molar-refractivity contribution in [1.29, 1.82) is 0 Å². The van der Waals surface area contributed by atoms with E-state index in [4.69, 9.17) is 4.74 Å². The lowest BCUT2D eigenvalue weighted by molar-refractivity contribution is 0.262. The summed E-state index contributed by atoms with van der Waals surface area (Å²) in [5, 5.41) is 3.34.